The zero-order chi connectivity index (χ0) is 14.2. The lowest BCUT2D eigenvalue weighted by atomic mass is 9.45. The van der Waals surface area contributed by atoms with Gasteiger partial charge in [0.05, 0.1) is 0 Å². The highest BCUT2D eigenvalue weighted by molar-refractivity contribution is 5.22. The zero-order valence-corrected chi connectivity index (χ0v) is 13.8. The van der Waals surface area contributed by atoms with Crippen LogP contribution in [0, 0.1) is 33.5 Å². The van der Waals surface area contributed by atoms with E-state index in [4.69, 9.17) is 0 Å². The fourth-order valence-electron chi connectivity index (χ4n) is 7.20. The predicted molar refractivity (Wildman–Crippen MR) is 85.5 cm³/mol. The molecule has 4 rings (SSSR count). The van der Waals surface area contributed by atoms with Gasteiger partial charge in [0.1, 0.15) is 0 Å². The van der Waals surface area contributed by atoms with Gasteiger partial charge in [0.2, 0.25) is 0 Å². The summed E-state index contributed by atoms with van der Waals surface area (Å²) in [5.41, 5.74) is 2.59. The van der Waals surface area contributed by atoms with E-state index in [2.05, 4.69) is 33.4 Å². The molecule has 0 amide bonds. The summed E-state index contributed by atoms with van der Waals surface area (Å²) in [6.45, 7) is 11.9. The molecule has 6 atom stereocenters. The van der Waals surface area contributed by atoms with Crippen LogP contribution in [0.2, 0.25) is 0 Å². The monoisotopic (exact) mass is 272 g/mol. The van der Waals surface area contributed by atoms with Gasteiger partial charge in [-0.2, -0.15) is 0 Å². The van der Waals surface area contributed by atoms with E-state index in [0.29, 0.717) is 10.8 Å². The normalized spacial score (nSPS) is 61.0. The largest absolute Gasteiger partial charge is 0.103 e. The second-order valence-corrected chi connectivity index (χ2v) is 9.64. The van der Waals surface area contributed by atoms with Gasteiger partial charge in [-0.3, -0.25) is 0 Å². The van der Waals surface area contributed by atoms with Crippen molar-refractivity contribution in [3.63, 3.8) is 0 Å². The summed E-state index contributed by atoms with van der Waals surface area (Å²) in [5, 5.41) is 0. The van der Waals surface area contributed by atoms with Gasteiger partial charge in [-0.25, -0.2) is 0 Å². The Balaban J connectivity index is 1.66. The maximum absolute atomic E-state index is 4.13. The lowest BCUT2D eigenvalue weighted by molar-refractivity contribution is -0.0968. The first-order valence-electron chi connectivity index (χ1n) is 9.01. The third kappa shape index (κ3) is 1.44. The molecule has 0 aliphatic heterocycles. The Morgan fingerprint density at radius 1 is 1.00 bits per heavy atom. The van der Waals surface area contributed by atoms with Crippen molar-refractivity contribution in [2.45, 2.75) is 78.6 Å². The van der Waals surface area contributed by atoms with Crippen LogP contribution in [0.25, 0.3) is 0 Å². The summed E-state index contributed by atoms with van der Waals surface area (Å²) >= 11 is 0. The summed E-state index contributed by atoms with van der Waals surface area (Å²) in [4.78, 5) is 0. The SMILES string of the molecule is C=CC1(C)CCC2(C)C(CCC34CC3(C)CCCC24)C1. The highest BCUT2D eigenvalue weighted by atomic mass is 14.8. The summed E-state index contributed by atoms with van der Waals surface area (Å²) in [5.74, 6) is 2.01. The van der Waals surface area contributed by atoms with Gasteiger partial charge in [-0.05, 0) is 84.9 Å². The maximum Gasteiger partial charge on any atom is -0.0146 e. The molecule has 0 heterocycles. The lowest BCUT2D eigenvalue weighted by Crippen LogP contribution is -2.51. The fourth-order valence-corrected chi connectivity index (χ4v) is 7.20. The molecule has 4 saturated carbocycles. The minimum atomic E-state index is 0.427. The van der Waals surface area contributed by atoms with Gasteiger partial charge >= 0.3 is 0 Å². The van der Waals surface area contributed by atoms with E-state index < -0.39 is 0 Å². The molecule has 0 aromatic rings. The smallest absolute Gasteiger partial charge is 0.0146 e. The van der Waals surface area contributed by atoms with Crippen LogP contribution >= 0.6 is 0 Å². The predicted octanol–water partition coefficient (Wildman–Crippen LogP) is 5.98. The molecule has 112 valence electrons. The van der Waals surface area contributed by atoms with Crippen molar-refractivity contribution < 1.29 is 0 Å². The van der Waals surface area contributed by atoms with E-state index in [1.807, 2.05) is 0 Å². The van der Waals surface area contributed by atoms with Crippen molar-refractivity contribution in [3.05, 3.63) is 12.7 Å². The summed E-state index contributed by atoms with van der Waals surface area (Å²) in [6.07, 6.45) is 15.7. The van der Waals surface area contributed by atoms with Gasteiger partial charge in [0, 0.05) is 0 Å². The van der Waals surface area contributed by atoms with Gasteiger partial charge in [0.15, 0.2) is 0 Å². The van der Waals surface area contributed by atoms with E-state index >= 15 is 0 Å². The molecule has 20 heavy (non-hydrogen) atoms. The Labute approximate surface area is 125 Å². The minimum Gasteiger partial charge on any atom is -0.103 e. The molecule has 4 aliphatic carbocycles. The summed E-state index contributed by atoms with van der Waals surface area (Å²) in [6, 6.07) is 0. The quantitative estimate of drug-likeness (QED) is 0.515. The van der Waals surface area contributed by atoms with Crippen LogP contribution in [0.1, 0.15) is 78.6 Å². The van der Waals surface area contributed by atoms with Gasteiger partial charge in [-0.1, -0.05) is 33.3 Å². The molecule has 0 aromatic carbocycles. The van der Waals surface area contributed by atoms with E-state index in [1.54, 1.807) is 12.8 Å². The van der Waals surface area contributed by atoms with Crippen LogP contribution < -0.4 is 0 Å². The first-order chi connectivity index (χ1) is 9.38. The van der Waals surface area contributed by atoms with Crippen LogP contribution in [0.15, 0.2) is 12.7 Å². The number of fused-ring (bicyclic) bond motifs is 2. The molecule has 0 heteroatoms. The molecule has 0 bridgehead atoms. The van der Waals surface area contributed by atoms with Crippen LogP contribution in [0.4, 0.5) is 0 Å². The van der Waals surface area contributed by atoms with Crippen molar-refractivity contribution in [3.8, 4) is 0 Å². The van der Waals surface area contributed by atoms with Crippen molar-refractivity contribution in [1.82, 2.24) is 0 Å². The number of allylic oxidation sites excluding steroid dienone is 1. The van der Waals surface area contributed by atoms with Gasteiger partial charge in [0.25, 0.3) is 0 Å². The Hall–Kier alpha value is -0.260. The van der Waals surface area contributed by atoms with Crippen LogP contribution in [0.3, 0.4) is 0 Å². The number of hydrogen-bond donors (Lipinski definition) is 0. The third-order valence-electron chi connectivity index (χ3n) is 8.78. The average molecular weight is 272 g/mol. The van der Waals surface area contributed by atoms with E-state index in [-0.39, 0.29) is 0 Å². The molecule has 1 spiro atoms. The first kappa shape index (κ1) is 13.4. The van der Waals surface area contributed by atoms with E-state index in [9.17, 15) is 0 Å². The van der Waals surface area contributed by atoms with Crippen molar-refractivity contribution in [2.24, 2.45) is 33.5 Å². The second-order valence-electron chi connectivity index (χ2n) is 9.64. The zero-order valence-electron chi connectivity index (χ0n) is 13.8. The van der Waals surface area contributed by atoms with Crippen LogP contribution in [-0.4, -0.2) is 0 Å². The second kappa shape index (κ2) is 3.73. The number of rotatable bonds is 1. The van der Waals surface area contributed by atoms with Gasteiger partial charge < -0.3 is 0 Å². The molecular weight excluding hydrogens is 240 g/mol. The molecule has 4 fully saturated rings. The van der Waals surface area contributed by atoms with E-state index in [1.165, 1.54) is 44.9 Å². The average Bonchev–Trinajstić information content (AvgIpc) is 3.05. The van der Waals surface area contributed by atoms with E-state index in [0.717, 1.165) is 22.7 Å². The lowest BCUT2D eigenvalue weighted by Gasteiger charge is -2.60. The summed E-state index contributed by atoms with van der Waals surface area (Å²) in [7, 11) is 0. The van der Waals surface area contributed by atoms with Crippen molar-refractivity contribution >= 4 is 0 Å². The molecule has 6 unspecified atom stereocenters. The fraction of sp³-hybridized carbons (Fsp3) is 0.900. The number of hydrogen-bond acceptors (Lipinski definition) is 0. The highest BCUT2D eigenvalue weighted by Crippen LogP contribution is 2.81. The Bertz CT molecular complexity index is 451. The third-order valence-corrected chi connectivity index (χ3v) is 8.78. The Kier molecular flexibility index (Phi) is 2.50. The minimum absolute atomic E-state index is 0.427. The molecule has 0 aromatic heterocycles. The molecular formula is C20H32. The maximum atomic E-state index is 4.13. The molecule has 0 saturated heterocycles. The molecule has 4 aliphatic rings. The summed E-state index contributed by atoms with van der Waals surface area (Å²) < 4.78 is 0. The Morgan fingerprint density at radius 2 is 1.80 bits per heavy atom. The topological polar surface area (TPSA) is 0 Å². The van der Waals surface area contributed by atoms with Gasteiger partial charge in [-0.15, -0.1) is 6.58 Å². The Morgan fingerprint density at radius 3 is 2.55 bits per heavy atom. The standard InChI is InChI=1S/C20H32/c1-5-17(2)11-12-19(4)15(13-17)8-10-20-14-18(20,3)9-6-7-16(19)20/h5,15-16H,1,6-14H2,2-4H3. The highest BCUT2D eigenvalue weighted by Gasteiger charge is 2.73. The molecule has 0 N–H and O–H groups in total. The molecule has 0 radical (unpaired) electrons. The van der Waals surface area contributed by atoms with Crippen molar-refractivity contribution in [2.75, 3.05) is 0 Å². The first-order valence-corrected chi connectivity index (χ1v) is 9.01. The van der Waals surface area contributed by atoms with Crippen molar-refractivity contribution in [1.29, 1.82) is 0 Å². The molecule has 0 nitrogen and oxygen atoms in total. The van der Waals surface area contributed by atoms with Crippen LogP contribution in [0.5, 0.6) is 0 Å². The van der Waals surface area contributed by atoms with Crippen LogP contribution in [-0.2, 0) is 0 Å².